The first kappa shape index (κ1) is 12.9. The molecule has 0 atom stereocenters. The quantitative estimate of drug-likeness (QED) is 0.664. The van der Waals surface area contributed by atoms with Crippen molar-refractivity contribution in [1.82, 2.24) is 9.78 Å². The first-order chi connectivity index (χ1) is 9.10. The van der Waals surface area contributed by atoms with Gasteiger partial charge < -0.3 is 15.2 Å². The average molecular weight is 261 g/mol. The van der Waals surface area contributed by atoms with E-state index in [9.17, 15) is 4.79 Å². The third-order valence-electron chi connectivity index (χ3n) is 2.57. The van der Waals surface area contributed by atoms with Crippen LogP contribution in [0.1, 0.15) is 16.1 Å². The first-order valence-electron chi connectivity index (χ1n) is 5.69. The SMILES string of the molecule is COc1cc(N)ccc1C(=O)OCc1ccn(C)n1. The molecule has 0 aliphatic heterocycles. The number of carbonyl (C=O) groups excluding carboxylic acids is 1. The van der Waals surface area contributed by atoms with E-state index in [1.54, 1.807) is 42.2 Å². The highest BCUT2D eigenvalue weighted by atomic mass is 16.5. The zero-order valence-corrected chi connectivity index (χ0v) is 10.8. The van der Waals surface area contributed by atoms with Crippen LogP contribution in [0.3, 0.4) is 0 Å². The Labute approximate surface area is 110 Å². The maximum atomic E-state index is 11.9. The highest BCUT2D eigenvalue weighted by molar-refractivity contribution is 5.93. The van der Waals surface area contributed by atoms with Gasteiger partial charge in [-0.1, -0.05) is 0 Å². The number of nitrogens with two attached hydrogens (primary N) is 1. The number of anilines is 1. The van der Waals surface area contributed by atoms with Crippen LogP contribution in [0.2, 0.25) is 0 Å². The van der Waals surface area contributed by atoms with Gasteiger partial charge >= 0.3 is 5.97 Å². The molecule has 100 valence electrons. The van der Waals surface area contributed by atoms with Gasteiger partial charge in [0.25, 0.3) is 0 Å². The van der Waals surface area contributed by atoms with Gasteiger partial charge in [-0.2, -0.15) is 5.10 Å². The Kier molecular flexibility index (Phi) is 3.70. The molecule has 0 aliphatic rings. The summed E-state index contributed by atoms with van der Waals surface area (Å²) in [5.41, 5.74) is 7.18. The van der Waals surface area contributed by atoms with Crippen molar-refractivity contribution in [3.05, 3.63) is 41.7 Å². The fourth-order valence-corrected chi connectivity index (χ4v) is 1.63. The number of esters is 1. The van der Waals surface area contributed by atoms with Gasteiger partial charge in [0, 0.05) is 25.0 Å². The fourth-order valence-electron chi connectivity index (χ4n) is 1.63. The summed E-state index contributed by atoms with van der Waals surface area (Å²) in [6.07, 6.45) is 1.78. The summed E-state index contributed by atoms with van der Waals surface area (Å²) in [7, 11) is 3.28. The maximum absolute atomic E-state index is 11.9. The molecular formula is C13H15N3O3. The van der Waals surface area contributed by atoms with E-state index < -0.39 is 5.97 Å². The molecule has 6 nitrogen and oxygen atoms in total. The van der Waals surface area contributed by atoms with E-state index in [2.05, 4.69) is 5.10 Å². The van der Waals surface area contributed by atoms with Gasteiger partial charge in [-0.3, -0.25) is 4.68 Å². The topological polar surface area (TPSA) is 79.4 Å². The molecule has 1 aromatic carbocycles. The number of aryl methyl sites for hydroxylation is 1. The lowest BCUT2D eigenvalue weighted by Gasteiger charge is -2.08. The minimum absolute atomic E-state index is 0.118. The Hall–Kier alpha value is -2.50. The van der Waals surface area contributed by atoms with Crippen molar-refractivity contribution < 1.29 is 14.3 Å². The van der Waals surface area contributed by atoms with E-state index in [1.807, 2.05) is 0 Å². The predicted octanol–water partition coefficient (Wildman–Crippen LogP) is 1.37. The number of carbonyl (C=O) groups is 1. The molecule has 0 spiro atoms. The van der Waals surface area contributed by atoms with E-state index in [4.69, 9.17) is 15.2 Å². The Morgan fingerprint density at radius 3 is 2.84 bits per heavy atom. The molecule has 1 aromatic heterocycles. The van der Waals surface area contributed by atoms with Crippen molar-refractivity contribution in [2.75, 3.05) is 12.8 Å². The number of hydrogen-bond acceptors (Lipinski definition) is 5. The van der Waals surface area contributed by atoms with Crippen molar-refractivity contribution in [3.8, 4) is 5.75 Å². The van der Waals surface area contributed by atoms with E-state index in [-0.39, 0.29) is 6.61 Å². The lowest BCUT2D eigenvalue weighted by atomic mass is 10.2. The Morgan fingerprint density at radius 2 is 2.21 bits per heavy atom. The highest BCUT2D eigenvalue weighted by Gasteiger charge is 2.14. The van der Waals surface area contributed by atoms with Crippen molar-refractivity contribution in [3.63, 3.8) is 0 Å². The first-order valence-corrected chi connectivity index (χ1v) is 5.69. The smallest absolute Gasteiger partial charge is 0.342 e. The molecule has 0 bridgehead atoms. The van der Waals surface area contributed by atoms with Gasteiger partial charge in [0.1, 0.15) is 17.9 Å². The zero-order valence-electron chi connectivity index (χ0n) is 10.8. The highest BCUT2D eigenvalue weighted by Crippen LogP contribution is 2.22. The van der Waals surface area contributed by atoms with Crippen LogP contribution in [0.4, 0.5) is 5.69 Å². The average Bonchev–Trinajstić information content (AvgIpc) is 2.81. The van der Waals surface area contributed by atoms with Crippen LogP contribution in [0.25, 0.3) is 0 Å². The molecule has 2 rings (SSSR count). The third-order valence-corrected chi connectivity index (χ3v) is 2.57. The molecule has 6 heteroatoms. The van der Waals surface area contributed by atoms with Gasteiger partial charge in [-0.25, -0.2) is 4.79 Å². The van der Waals surface area contributed by atoms with Gasteiger partial charge in [0.15, 0.2) is 0 Å². The summed E-state index contributed by atoms with van der Waals surface area (Å²) in [5.74, 6) is -0.0754. The van der Waals surface area contributed by atoms with Gasteiger partial charge in [0.2, 0.25) is 0 Å². The molecule has 0 saturated heterocycles. The summed E-state index contributed by atoms with van der Waals surface area (Å²) in [6.45, 7) is 0.118. The number of benzene rings is 1. The molecule has 0 amide bonds. The molecule has 0 fully saturated rings. The van der Waals surface area contributed by atoms with Crippen molar-refractivity contribution >= 4 is 11.7 Å². The summed E-state index contributed by atoms with van der Waals surface area (Å²) < 4.78 is 11.9. The second-order valence-electron chi connectivity index (χ2n) is 4.02. The van der Waals surface area contributed by atoms with Crippen LogP contribution >= 0.6 is 0 Å². The van der Waals surface area contributed by atoms with E-state index >= 15 is 0 Å². The molecule has 1 heterocycles. The molecule has 2 N–H and O–H groups in total. The number of nitrogens with zero attached hydrogens (tertiary/aromatic N) is 2. The van der Waals surface area contributed by atoms with Crippen LogP contribution in [-0.2, 0) is 18.4 Å². The Morgan fingerprint density at radius 1 is 1.42 bits per heavy atom. The molecule has 0 radical (unpaired) electrons. The standard InChI is InChI=1S/C13H15N3O3/c1-16-6-5-10(15-16)8-19-13(17)11-4-3-9(14)7-12(11)18-2/h3-7H,8,14H2,1-2H3. The summed E-state index contributed by atoms with van der Waals surface area (Å²) in [4.78, 5) is 11.9. The number of hydrogen-bond donors (Lipinski definition) is 1. The number of methoxy groups -OCH3 is 1. The second kappa shape index (κ2) is 5.43. The number of ether oxygens (including phenoxy) is 2. The Balaban J connectivity index is 2.07. The second-order valence-corrected chi connectivity index (χ2v) is 4.02. The molecule has 19 heavy (non-hydrogen) atoms. The molecule has 0 aliphatic carbocycles. The minimum atomic E-state index is -0.470. The van der Waals surface area contributed by atoms with Gasteiger partial charge in [-0.15, -0.1) is 0 Å². The number of rotatable bonds is 4. The van der Waals surface area contributed by atoms with Crippen LogP contribution in [0, 0.1) is 0 Å². The fraction of sp³-hybridized carbons (Fsp3) is 0.231. The van der Waals surface area contributed by atoms with Gasteiger partial charge in [0.05, 0.1) is 12.8 Å². The van der Waals surface area contributed by atoms with E-state index in [1.165, 1.54) is 7.11 Å². The van der Waals surface area contributed by atoms with E-state index in [0.717, 1.165) is 0 Å². The third kappa shape index (κ3) is 3.04. The molecule has 2 aromatic rings. The van der Waals surface area contributed by atoms with Gasteiger partial charge in [-0.05, 0) is 18.2 Å². The molecular weight excluding hydrogens is 246 g/mol. The zero-order chi connectivity index (χ0) is 13.8. The van der Waals surface area contributed by atoms with Crippen molar-refractivity contribution in [2.45, 2.75) is 6.61 Å². The largest absolute Gasteiger partial charge is 0.496 e. The summed E-state index contributed by atoms with van der Waals surface area (Å²) in [6, 6.07) is 6.57. The van der Waals surface area contributed by atoms with Crippen molar-refractivity contribution in [2.24, 2.45) is 7.05 Å². The molecule has 0 unspecified atom stereocenters. The monoisotopic (exact) mass is 261 g/mol. The predicted molar refractivity (Wildman–Crippen MR) is 69.7 cm³/mol. The van der Waals surface area contributed by atoms with Crippen molar-refractivity contribution in [1.29, 1.82) is 0 Å². The van der Waals surface area contributed by atoms with Crippen LogP contribution < -0.4 is 10.5 Å². The minimum Gasteiger partial charge on any atom is -0.496 e. The summed E-state index contributed by atoms with van der Waals surface area (Å²) >= 11 is 0. The maximum Gasteiger partial charge on any atom is 0.342 e. The number of aromatic nitrogens is 2. The lowest BCUT2D eigenvalue weighted by molar-refractivity contribution is 0.0463. The number of nitrogen functional groups attached to an aromatic ring is 1. The Bertz CT molecular complexity index is 593. The lowest BCUT2D eigenvalue weighted by Crippen LogP contribution is -2.08. The van der Waals surface area contributed by atoms with Crippen LogP contribution in [0.15, 0.2) is 30.5 Å². The van der Waals surface area contributed by atoms with Crippen LogP contribution in [-0.4, -0.2) is 22.9 Å². The summed E-state index contributed by atoms with van der Waals surface area (Å²) in [5, 5.41) is 4.12. The van der Waals surface area contributed by atoms with E-state index in [0.29, 0.717) is 22.7 Å². The molecule has 0 saturated carbocycles. The van der Waals surface area contributed by atoms with Crippen LogP contribution in [0.5, 0.6) is 5.75 Å². The normalized spacial score (nSPS) is 10.2.